The third-order valence-electron chi connectivity index (χ3n) is 3.26. The summed E-state index contributed by atoms with van der Waals surface area (Å²) in [5.41, 5.74) is 2.72. The second kappa shape index (κ2) is 9.16. The Morgan fingerprint density at radius 1 is 1.28 bits per heavy atom. The maximum Gasteiger partial charge on any atom is 0.428 e. The molecule has 0 bridgehead atoms. The fourth-order valence-corrected chi connectivity index (χ4v) is 2.03. The molecule has 0 aromatic heterocycles. The van der Waals surface area contributed by atoms with Crippen LogP contribution in [0.5, 0.6) is 0 Å². The molecule has 0 atom stereocenters. The summed E-state index contributed by atoms with van der Waals surface area (Å²) >= 11 is 0. The average Bonchev–Trinajstić information content (AvgIpc) is 2.38. The number of nitrogens with one attached hydrogen (secondary N) is 1. The fourth-order valence-electron chi connectivity index (χ4n) is 2.03. The van der Waals surface area contributed by atoms with Crippen LogP contribution in [0, 0.1) is 0 Å². The first-order valence-electron chi connectivity index (χ1n) is 7.10. The number of amides is 1. The number of carbonyl (C=O) groups excluding carboxylic acids is 1. The Balaban J connectivity index is 1.96. The molecule has 2 N–H and O–H groups in total. The molecule has 1 fully saturated rings. The predicted octanol–water partition coefficient (Wildman–Crippen LogP) is 2.05. The van der Waals surface area contributed by atoms with Crippen molar-refractivity contribution in [2.45, 2.75) is 58.0 Å². The minimum atomic E-state index is -0.324. The molecule has 0 radical (unpaired) electrons. The first kappa shape index (κ1) is 15.2. The monoisotopic (exact) mass is 258 g/mol. The molecule has 5 nitrogen and oxygen atoms in total. The van der Waals surface area contributed by atoms with E-state index in [0.29, 0.717) is 32.5 Å². The molecule has 1 aliphatic heterocycles. The number of aliphatic hydroxyl groups excluding tert-OH is 1. The minimum absolute atomic E-state index is 0.263. The first-order chi connectivity index (χ1) is 8.74. The van der Waals surface area contributed by atoms with Crippen molar-refractivity contribution in [1.82, 2.24) is 10.4 Å². The number of unbranched alkanes of at least 4 members (excludes halogenated alkanes) is 4. The number of aliphatic hydroxyl groups is 1. The van der Waals surface area contributed by atoms with Crippen LogP contribution in [-0.2, 0) is 4.84 Å². The molecule has 18 heavy (non-hydrogen) atoms. The summed E-state index contributed by atoms with van der Waals surface area (Å²) < 4.78 is 0. The van der Waals surface area contributed by atoms with E-state index in [9.17, 15) is 9.90 Å². The van der Waals surface area contributed by atoms with E-state index in [1.54, 1.807) is 4.90 Å². The zero-order valence-electron chi connectivity index (χ0n) is 11.4. The van der Waals surface area contributed by atoms with E-state index in [0.717, 1.165) is 6.42 Å². The van der Waals surface area contributed by atoms with Gasteiger partial charge in [-0.25, -0.2) is 4.79 Å². The van der Waals surface area contributed by atoms with Gasteiger partial charge in [-0.3, -0.25) is 0 Å². The Morgan fingerprint density at radius 2 is 1.94 bits per heavy atom. The fraction of sp³-hybridized carbons (Fsp3) is 0.923. The van der Waals surface area contributed by atoms with Gasteiger partial charge in [0.25, 0.3) is 0 Å². The summed E-state index contributed by atoms with van der Waals surface area (Å²) in [6.07, 6.45) is 6.67. The third-order valence-corrected chi connectivity index (χ3v) is 3.26. The van der Waals surface area contributed by atoms with Gasteiger partial charge >= 0.3 is 6.09 Å². The van der Waals surface area contributed by atoms with E-state index in [1.165, 1.54) is 25.7 Å². The molecule has 106 valence electrons. The number of rotatable bonds is 7. The molecular weight excluding hydrogens is 232 g/mol. The van der Waals surface area contributed by atoms with Gasteiger partial charge in [0.2, 0.25) is 0 Å². The second-order valence-electron chi connectivity index (χ2n) is 4.89. The molecule has 1 heterocycles. The summed E-state index contributed by atoms with van der Waals surface area (Å²) in [5, 5.41) is 9.33. The number of hydrogen-bond acceptors (Lipinski definition) is 4. The van der Waals surface area contributed by atoms with Gasteiger partial charge in [0.15, 0.2) is 0 Å². The lowest BCUT2D eigenvalue weighted by Crippen LogP contribution is -2.42. The van der Waals surface area contributed by atoms with Crippen molar-refractivity contribution in [2.24, 2.45) is 0 Å². The van der Waals surface area contributed by atoms with Crippen LogP contribution in [0.4, 0.5) is 4.79 Å². The van der Waals surface area contributed by atoms with Crippen molar-refractivity contribution in [1.29, 1.82) is 0 Å². The summed E-state index contributed by atoms with van der Waals surface area (Å²) in [6.45, 7) is 4.07. The van der Waals surface area contributed by atoms with E-state index in [4.69, 9.17) is 4.84 Å². The summed E-state index contributed by atoms with van der Waals surface area (Å²) in [6, 6.07) is 0. The van der Waals surface area contributed by atoms with Crippen LogP contribution in [0.25, 0.3) is 0 Å². The lowest BCUT2D eigenvalue weighted by atomic mass is 10.1. The molecule has 1 saturated heterocycles. The molecule has 5 heteroatoms. The summed E-state index contributed by atoms with van der Waals surface area (Å²) in [5.74, 6) is 0. The maximum absolute atomic E-state index is 11.6. The van der Waals surface area contributed by atoms with Gasteiger partial charge in [0.05, 0.1) is 6.10 Å². The molecule has 0 saturated carbocycles. The standard InChI is InChI=1S/C13H26N2O3/c1-2-3-4-5-6-9-14-18-13(17)15-10-7-12(16)8-11-15/h12,14,16H,2-11H2,1H3. The van der Waals surface area contributed by atoms with E-state index in [1.807, 2.05) is 0 Å². The topological polar surface area (TPSA) is 61.8 Å². The van der Waals surface area contributed by atoms with E-state index in [2.05, 4.69) is 12.4 Å². The highest BCUT2D eigenvalue weighted by molar-refractivity contribution is 5.67. The van der Waals surface area contributed by atoms with Crippen LogP contribution < -0.4 is 5.48 Å². The Labute approximate surface area is 109 Å². The number of piperidine rings is 1. The van der Waals surface area contributed by atoms with Gasteiger partial charge in [-0.15, -0.1) is 0 Å². The molecule has 0 aromatic carbocycles. The normalized spacial score (nSPS) is 16.9. The van der Waals surface area contributed by atoms with Crippen LogP contribution in [0.1, 0.15) is 51.9 Å². The van der Waals surface area contributed by atoms with Crippen molar-refractivity contribution >= 4 is 6.09 Å². The molecule has 0 aliphatic carbocycles. The largest absolute Gasteiger partial charge is 0.428 e. The molecule has 1 aliphatic rings. The smallest absolute Gasteiger partial charge is 0.393 e. The Hall–Kier alpha value is -0.810. The number of carbonyl (C=O) groups is 1. The molecule has 0 spiro atoms. The van der Waals surface area contributed by atoms with Gasteiger partial charge in [0.1, 0.15) is 0 Å². The highest BCUT2D eigenvalue weighted by atomic mass is 16.7. The number of likely N-dealkylation sites (tertiary alicyclic amines) is 1. The van der Waals surface area contributed by atoms with E-state index in [-0.39, 0.29) is 12.2 Å². The Morgan fingerprint density at radius 3 is 2.61 bits per heavy atom. The highest BCUT2D eigenvalue weighted by Crippen LogP contribution is 2.10. The highest BCUT2D eigenvalue weighted by Gasteiger charge is 2.22. The number of hydroxylamine groups is 1. The van der Waals surface area contributed by atoms with Crippen molar-refractivity contribution in [3.05, 3.63) is 0 Å². The van der Waals surface area contributed by atoms with Crippen molar-refractivity contribution in [3.8, 4) is 0 Å². The molecule has 1 rings (SSSR count). The minimum Gasteiger partial charge on any atom is -0.393 e. The van der Waals surface area contributed by atoms with Crippen molar-refractivity contribution in [3.63, 3.8) is 0 Å². The quantitative estimate of drug-likeness (QED) is 0.542. The summed E-state index contributed by atoms with van der Waals surface area (Å²) in [4.78, 5) is 18.2. The molecule has 0 unspecified atom stereocenters. The van der Waals surface area contributed by atoms with Crippen molar-refractivity contribution in [2.75, 3.05) is 19.6 Å². The first-order valence-corrected chi connectivity index (χ1v) is 7.10. The SMILES string of the molecule is CCCCCCCNOC(=O)N1CCC(O)CC1. The van der Waals surface area contributed by atoms with Crippen molar-refractivity contribution < 1.29 is 14.7 Å². The molecule has 0 aromatic rings. The zero-order chi connectivity index (χ0) is 13.2. The van der Waals surface area contributed by atoms with E-state index < -0.39 is 0 Å². The Bertz CT molecular complexity index is 228. The van der Waals surface area contributed by atoms with Crippen LogP contribution in [-0.4, -0.2) is 41.8 Å². The lowest BCUT2D eigenvalue weighted by molar-refractivity contribution is 0.0313. The maximum atomic E-state index is 11.6. The van der Waals surface area contributed by atoms with Gasteiger partial charge in [-0.05, 0) is 19.3 Å². The van der Waals surface area contributed by atoms with Crippen LogP contribution >= 0.6 is 0 Å². The average molecular weight is 258 g/mol. The third kappa shape index (κ3) is 6.21. The van der Waals surface area contributed by atoms with Crippen LogP contribution in [0.2, 0.25) is 0 Å². The van der Waals surface area contributed by atoms with Gasteiger partial charge in [0, 0.05) is 19.6 Å². The number of hydrogen-bond donors (Lipinski definition) is 2. The second-order valence-corrected chi connectivity index (χ2v) is 4.89. The van der Waals surface area contributed by atoms with Crippen LogP contribution in [0.15, 0.2) is 0 Å². The van der Waals surface area contributed by atoms with Crippen LogP contribution in [0.3, 0.4) is 0 Å². The van der Waals surface area contributed by atoms with E-state index >= 15 is 0 Å². The van der Waals surface area contributed by atoms with Gasteiger partial charge < -0.3 is 14.8 Å². The lowest BCUT2D eigenvalue weighted by Gasteiger charge is -2.28. The molecule has 1 amide bonds. The van der Waals surface area contributed by atoms with Gasteiger partial charge in [-0.1, -0.05) is 32.6 Å². The summed E-state index contributed by atoms with van der Waals surface area (Å²) in [7, 11) is 0. The van der Waals surface area contributed by atoms with Gasteiger partial charge in [-0.2, -0.15) is 5.48 Å². The number of nitrogens with zero attached hydrogens (tertiary/aromatic N) is 1. The zero-order valence-corrected chi connectivity index (χ0v) is 11.4. The molecular formula is C13H26N2O3. The Kier molecular flexibility index (Phi) is 7.76. The predicted molar refractivity (Wildman–Crippen MR) is 70.1 cm³/mol.